The number of ether oxygens (including phenoxy) is 1. The minimum Gasteiger partial charge on any atom is -0.449 e. The van der Waals surface area contributed by atoms with Gasteiger partial charge in [-0.2, -0.15) is 0 Å². The van der Waals surface area contributed by atoms with Crippen LogP contribution in [0.1, 0.15) is 47.8 Å². The lowest BCUT2D eigenvalue weighted by molar-refractivity contribution is -0.00226. The first kappa shape index (κ1) is 11.7. The monoisotopic (exact) mass is 246 g/mol. The molecule has 18 heavy (non-hydrogen) atoms. The summed E-state index contributed by atoms with van der Waals surface area (Å²) >= 11 is 0. The molecule has 0 amide bonds. The van der Waals surface area contributed by atoms with Crippen LogP contribution >= 0.6 is 0 Å². The molecule has 0 saturated carbocycles. The quantitative estimate of drug-likeness (QED) is 0.710. The maximum atomic E-state index is 11.9. The smallest absolute Gasteiger partial charge is 0.341 e. The largest absolute Gasteiger partial charge is 0.449 e. The third-order valence-corrected chi connectivity index (χ3v) is 3.94. The zero-order valence-corrected chi connectivity index (χ0v) is 11.1. The first-order valence-corrected chi connectivity index (χ1v) is 6.44. The third kappa shape index (κ3) is 1.56. The maximum absolute atomic E-state index is 11.9. The summed E-state index contributed by atoms with van der Waals surface area (Å²) < 4.78 is 5.66. The van der Waals surface area contributed by atoms with Crippen molar-refractivity contribution in [3.05, 3.63) is 29.1 Å². The zero-order chi connectivity index (χ0) is 12.9. The number of aromatic nitrogens is 1. The van der Waals surface area contributed by atoms with E-state index in [4.69, 9.17) is 4.74 Å². The second-order valence-electron chi connectivity index (χ2n) is 5.68. The highest BCUT2D eigenvalue weighted by molar-refractivity contribution is 5.94. The molecule has 0 bridgehead atoms. The predicted octanol–water partition coefficient (Wildman–Crippen LogP) is 1.91. The lowest BCUT2D eigenvalue weighted by Gasteiger charge is -2.23. The zero-order valence-electron chi connectivity index (χ0n) is 11.1. The first-order chi connectivity index (χ1) is 8.52. The van der Waals surface area contributed by atoms with Gasteiger partial charge in [0.1, 0.15) is 0 Å². The van der Waals surface area contributed by atoms with E-state index >= 15 is 0 Å². The first-order valence-electron chi connectivity index (χ1n) is 6.44. The number of fused-ring (bicyclic) bond motifs is 2. The average molecular weight is 246 g/mol. The van der Waals surface area contributed by atoms with Crippen molar-refractivity contribution in [3.63, 3.8) is 0 Å². The molecule has 1 aromatic rings. The number of likely N-dealkylation sites (tertiary alicyclic amines) is 1. The van der Waals surface area contributed by atoms with E-state index in [0.29, 0.717) is 11.5 Å². The van der Waals surface area contributed by atoms with Crippen LogP contribution in [-0.2, 0) is 10.3 Å². The predicted molar refractivity (Wildman–Crippen MR) is 67.5 cm³/mol. The van der Waals surface area contributed by atoms with Gasteiger partial charge >= 0.3 is 5.97 Å². The molecule has 0 aromatic carbocycles. The Morgan fingerprint density at radius 3 is 2.89 bits per heavy atom. The fourth-order valence-electron chi connectivity index (χ4n) is 2.88. The summed E-state index contributed by atoms with van der Waals surface area (Å²) in [6, 6.07) is 2.06. The van der Waals surface area contributed by atoms with Crippen LogP contribution in [0.15, 0.2) is 12.3 Å². The number of likely N-dealkylation sites (N-methyl/N-ethyl adjacent to an activating group) is 1. The standard InChI is InChI=1S/C14H18N2O2/c1-9(2)12-6-11-10(7-15-12)13(17)18-14(11)4-5-16(3)8-14/h6-7,9H,4-5,8H2,1-3H3. The molecule has 0 N–H and O–H groups in total. The van der Waals surface area contributed by atoms with Crippen molar-refractivity contribution in [3.8, 4) is 0 Å². The molecule has 1 aromatic heterocycles. The van der Waals surface area contributed by atoms with Crippen LogP contribution in [0.2, 0.25) is 0 Å². The van der Waals surface area contributed by atoms with Gasteiger partial charge in [-0.3, -0.25) is 4.98 Å². The van der Waals surface area contributed by atoms with Crippen molar-refractivity contribution < 1.29 is 9.53 Å². The van der Waals surface area contributed by atoms with Gasteiger partial charge in [0.25, 0.3) is 0 Å². The molecular formula is C14H18N2O2. The van der Waals surface area contributed by atoms with Gasteiger partial charge in [0.15, 0.2) is 5.60 Å². The van der Waals surface area contributed by atoms with E-state index in [1.165, 1.54) is 0 Å². The normalized spacial score (nSPS) is 27.0. The SMILES string of the molecule is CC(C)c1cc2c(cn1)C(=O)OC21CCN(C)C1. The van der Waals surface area contributed by atoms with Crippen molar-refractivity contribution in [2.75, 3.05) is 20.1 Å². The highest BCUT2D eigenvalue weighted by Crippen LogP contribution is 2.43. The number of carbonyl (C=O) groups excluding carboxylic acids is 1. The van der Waals surface area contributed by atoms with Crippen molar-refractivity contribution in [2.24, 2.45) is 0 Å². The molecule has 4 heteroatoms. The van der Waals surface area contributed by atoms with Gasteiger partial charge < -0.3 is 9.64 Å². The number of hydrogen-bond acceptors (Lipinski definition) is 4. The Hall–Kier alpha value is -1.42. The van der Waals surface area contributed by atoms with Crippen LogP contribution in [0, 0.1) is 0 Å². The third-order valence-electron chi connectivity index (χ3n) is 3.94. The summed E-state index contributed by atoms with van der Waals surface area (Å²) in [5.74, 6) is 0.144. The van der Waals surface area contributed by atoms with E-state index in [1.54, 1.807) is 6.20 Å². The van der Waals surface area contributed by atoms with Gasteiger partial charge in [0.05, 0.1) is 5.56 Å². The highest BCUT2D eigenvalue weighted by atomic mass is 16.6. The van der Waals surface area contributed by atoms with Crippen LogP contribution in [0.5, 0.6) is 0 Å². The van der Waals surface area contributed by atoms with Crippen molar-refractivity contribution >= 4 is 5.97 Å². The van der Waals surface area contributed by atoms with E-state index in [9.17, 15) is 4.79 Å². The Labute approximate surface area is 107 Å². The second-order valence-corrected chi connectivity index (χ2v) is 5.68. The van der Waals surface area contributed by atoms with Crippen molar-refractivity contribution in [2.45, 2.75) is 31.8 Å². The molecular weight excluding hydrogens is 228 g/mol. The highest BCUT2D eigenvalue weighted by Gasteiger charge is 2.49. The molecule has 1 spiro atoms. The number of rotatable bonds is 1. The Bertz CT molecular complexity index is 513. The minimum absolute atomic E-state index is 0.219. The number of nitrogens with zero attached hydrogens (tertiary/aromatic N) is 2. The molecule has 2 aliphatic heterocycles. The van der Waals surface area contributed by atoms with E-state index in [1.807, 2.05) is 0 Å². The lowest BCUT2D eigenvalue weighted by Crippen LogP contribution is -2.29. The molecule has 2 aliphatic rings. The molecule has 1 saturated heterocycles. The number of hydrogen-bond donors (Lipinski definition) is 0. The molecule has 1 atom stereocenters. The van der Waals surface area contributed by atoms with Gasteiger partial charge in [0.2, 0.25) is 0 Å². The fourth-order valence-corrected chi connectivity index (χ4v) is 2.88. The summed E-state index contributed by atoms with van der Waals surface area (Å²) in [6.07, 6.45) is 2.56. The molecule has 3 heterocycles. The Kier molecular flexibility index (Phi) is 2.45. The van der Waals surface area contributed by atoms with Crippen LogP contribution in [0.4, 0.5) is 0 Å². The van der Waals surface area contributed by atoms with Crippen LogP contribution in [0.3, 0.4) is 0 Å². The molecule has 4 nitrogen and oxygen atoms in total. The molecule has 0 radical (unpaired) electrons. The van der Waals surface area contributed by atoms with Crippen LogP contribution in [-0.4, -0.2) is 36.0 Å². The minimum atomic E-state index is -0.423. The number of carbonyl (C=O) groups is 1. The summed E-state index contributed by atoms with van der Waals surface area (Å²) in [7, 11) is 2.06. The van der Waals surface area contributed by atoms with Gasteiger partial charge in [-0.25, -0.2) is 4.79 Å². The Morgan fingerprint density at radius 1 is 1.50 bits per heavy atom. The summed E-state index contributed by atoms with van der Waals surface area (Å²) in [5.41, 5.74) is 2.29. The van der Waals surface area contributed by atoms with E-state index in [2.05, 4.69) is 36.8 Å². The van der Waals surface area contributed by atoms with Crippen LogP contribution in [0.25, 0.3) is 0 Å². The van der Waals surface area contributed by atoms with Gasteiger partial charge in [-0.15, -0.1) is 0 Å². The Morgan fingerprint density at radius 2 is 2.28 bits per heavy atom. The van der Waals surface area contributed by atoms with E-state index in [0.717, 1.165) is 30.8 Å². The summed E-state index contributed by atoms with van der Waals surface area (Å²) in [6.45, 7) is 5.97. The van der Waals surface area contributed by atoms with Crippen molar-refractivity contribution in [1.82, 2.24) is 9.88 Å². The molecule has 1 fully saturated rings. The number of esters is 1. The molecule has 96 valence electrons. The van der Waals surface area contributed by atoms with E-state index in [-0.39, 0.29) is 5.97 Å². The molecule has 3 rings (SSSR count). The average Bonchev–Trinajstić information content (AvgIpc) is 2.82. The maximum Gasteiger partial charge on any atom is 0.341 e. The van der Waals surface area contributed by atoms with Crippen molar-refractivity contribution in [1.29, 1.82) is 0 Å². The molecule has 1 unspecified atom stereocenters. The van der Waals surface area contributed by atoms with Gasteiger partial charge in [0, 0.05) is 37.0 Å². The Balaban J connectivity index is 2.10. The summed E-state index contributed by atoms with van der Waals surface area (Å²) in [4.78, 5) is 18.5. The topological polar surface area (TPSA) is 42.4 Å². The van der Waals surface area contributed by atoms with Gasteiger partial charge in [-0.05, 0) is 19.0 Å². The van der Waals surface area contributed by atoms with Gasteiger partial charge in [-0.1, -0.05) is 13.8 Å². The van der Waals surface area contributed by atoms with Crippen LogP contribution < -0.4 is 0 Å². The summed E-state index contributed by atoms with van der Waals surface area (Å²) in [5, 5.41) is 0. The second kappa shape index (κ2) is 3.79. The number of pyridine rings is 1. The molecule has 0 aliphatic carbocycles. The lowest BCUT2D eigenvalue weighted by atomic mass is 9.91. The fraction of sp³-hybridized carbons (Fsp3) is 0.571. The van der Waals surface area contributed by atoms with E-state index < -0.39 is 5.60 Å².